The van der Waals surface area contributed by atoms with Gasteiger partial charge >= 0.3 is 5.97 Å². The van der Waals surface area contributed by atoms with E-state index in [1.165, 1.54) is 0 Å². The van der Waals surface area contributed by atoms with Crippen LogP contribution in [0.25, 0.3) is 0 Å². The number of aromatic amines is 1. The number of hydrogen-bond acceptors (Lipinski definition) is 5. The summed E-state index contributed by atoms with van der Waals surface area (Å²) in [6.07, 6.45) is 3.49. The summed E-state index contributed by atoms with van der Waals surface area (Å²) < 4.78 is 6.05. The van der Waals surface area contributed by atoms with Gasteiger partial charge in [-0.15, -0.1) is 0 Å². The van der Waals surface area contributed by atoms with Crippen LogP contribution in [-0.4, -0.2) is 27.8 Å². The number of aromatic nitrogens is 3. The molecule has 1 atom stereocenters. The van der Waals surface area contributed by atoms with Crippen LogP contribution in [0.3, 0.4) is 0 Å². The quantitative estimate of drug-likeness (QED) is 0.774. The summed E-state index contributed by atoms with van der Waals surface area (Å²) in [5, 5.41) is 10.4. The van der Waals surface area contributed by atoms with Crippen molar-refractivity contribution in [2.24, 2.45) is 0 Å². The van der Waals surface area contributed by atoms with Crippen molar-refractivity contribution in [3.8, 4) is 0 Å². The van der Waals surface area contributed by atoms with Gasteiger partial charge in [0.15, 0.2) is 5.82 Å². The van der Waals surface area contributed by atoms with Gasteiger partial charge in [-0.25, -0.2) is 4.79 Å². The van der Waals surface area contributed by atoms with Crippen molar-refractivity contribution in [2.75, 3.05) is 11.9 Å². The third-order valence-electron chi connectivity index (χ3n) is 3.79. The minimum atomic E-state index is -0.284. The predicted molar refractivity (Wildman–Crippen MR) is 78.7 cm³/mol. The van der Waals surface area contributed by atoms with E-state index in [0.29, 0.717) is 5.57 Å². The Hall–Kier alpha value is -2.15. The van der Waals surface area contributed by atoms with Crippen molar-refractivity contribution in [3.63, 3.8) is 0 Å². The van der Waals surface area contributed by atoms with Crippen LogP contribution in [0.2, 0.25) is 0 Å². The highest BCUT2D eigenvalue weighted by molar-refractivity contribution is 9.10. The fourth-order valence-electron chi connectivity index (χ4n) is 2.90. The summed E-state index contributed by atoms with van der Waals surface area (Å²) in [5.74, 6) is 0.248. The first-order valence-electron chi connectivity index (χ1n) is 6.47. The van der Waals surface area contributed by atoms with Gasteiger partial charge in [0.2, 0.25) is 0 Å². The number of nitrogens with zero attached hydrogens (tertiary/aromatic N) is 2. The molecule has 4 rings (SSSR count). The van der Waals surface area contributed by atoms with Crippen LogP contribution in [0.1, 0.15) is 22.7 Å². The van der Waals surface area contributed by atoms with Crippen molar-refractivity contribution in [1.29, 1.82) is 0 Å². The van der Waals surface area contributed by atoms with E-state index in [9.17, 15) is 4.79 Å². The molecule has 0 saturated carbocycles. The van der Waals surface area contributed by atoms with Crippen LogP contribution in [0, 0.1) is 6.92 Å². The maximum absolute atomic E-state index is 12.1. The average Bonchev–Trinajstić information content (AvgIpc) is 3.02. The number of rotatable bonds is 1. The smallest absolute Gasteiger partial charge is 0.337 e. The SMILES string of the molecule is Cc1[nH]nc2c1C(c1cncc(Br)c1)C1=C(COC1=O)N2. The number of carbonyl (C=O) groups is 1. The highest BCUT2D eigenvalue weighted by atomic mass is 79.9. The summed E-state index contributed by atoms with van der Waals surface area (Å²) in [6, 6.07) is 1.97. The molecule has 0 saturated heterocycles. The summed E-state index contributed by atoms with van der Waals surface area (Å²) in [4.78, 5) is 16.4. The zero-order chi connectivity index (χ0) is 14.6. The molecule has 0 amide bonds. The number of anilines is 1. The minimum absolute atomic E-state index is 0.213. The summed E-state index contributed by atoms with van der Waals surface area (Å²) in [6.45, 7) is 2.20. The molecule has 0 aliphatic carbocycles. The number of aryl methyl sites for hydroxylation is 1. The first kappa shape index (κ1) is 12.6. The highest BCUT2D eigenvalue weighted by Crippen LogP contribution is 2.44. The Kier molecular flexibility index (Phi) is 2.65. The molecule has 21 heavy (non-hydrogen) atoms. The number of cyclic esters (lactones) is 1. The molecule has 6 nitrogen and oxygen atoms in total. The molecular formula is C14H11BrN4O2. The van der Waals surface area contributed by atoms with Gasteiger partial charge in [-0.1, -0.05) is 0 Å². The summed E-state index contributed by atoms with van der Waals surface area (Å²) in [7, 11) is 0. The Morgan fingerprint density at radius 1 is 1.43 bits per heavy atom. The molecule has 2 aromatic heterocycles. The van der Waals surface area contributed by atoms with Crippen molar-refractivity contribution in [3.05, 3.63) is 51.0 Å². The van der Waals surface area contributed by atoms with E-state index in [2.05, 4.69) is 36.4 Å². The monoisotopic (exact) mass is 346 g/mol. The van der Waals surface area contributed by atoms with Crippen LogP contribution in [0.15, 0.2) is 34.2 Å². The van der Waals surface area contributed by atoms with Gasteiger partial charge in [0, 0.05) is 28.1 Å². The lowest BCUT2D eigenvalue weighted by atomic mass is 9.83. The van der Waals surface area contributed by atoms with Crippen molar-refractivity contribution in [1.82, 2.24) is 15.2 Å². The lowest BCUT2D eigenvalue weighted by Crippen LogP contribution is -2.20. The minimum Gasteiger partial charge on any atom is -0.456 e. The molecular weight excluding hydrogens is 336 g/mol. The zero-order valence-electron chi connectivity index (χ0n) is 11.1. The van der Waals surface area contributed by atoms with E-state index >= 15 is 0 Å². The third-order valence-corrected chi connectivity index (χ3v) is 4.23. The number of fused-ring (bicyclic) bond motifs is 1. The van der Waals surface area contributed by atoms with E-state index in [1.54, 1.807) is 12.4 Å². The van der Waals surface area contributed by atoms with Crippen molar-refractivity contribution >= 4 is 27.7 Å². The maximum atomic E-state index is 12.1. The Labute approximate surface area is 128 Å². The van der Waals surface area contributed by atoms with E-state index in [-0.39, 0.29) is 18.5 Å². The number of nitrogens with one attached hydrogen (secondary N) is 2. The number of ether oxygens (including phenoxy) is 1. The van der Waals surface area contributed by atoms with E-state index in [0.717, 1.165) is 32.8 Å². The Morgan fingerprint density at radius 2 is 2.29 bits per heavy atom. The van der Waals surface area contributed by atoms with Gasteiger partial charge in [-0.2, -0.15) is 5.10 Å². The summed E-state index contributed by atoms with van der Waals surface area (Å²) in [5.41, 5.74) is 4.25. The predicted octanol–water partition coefficient (Wildman–Crippen LogP) is 2.24. The second-order valence-electron chi connectivity index (χ2n) is 5.07. The number of esters is 1. The molecule has 2 N–H and O–H groups in total. The molecule has 4 heterocycles. The molecule has 0 bridgehead atoms. The Bertz CT molecular complexity index is 796. The highest BCUT2D eigenvalue weighted by Gasteiger charge is 2.40. The van der Waals surface area contributed by atoms with Gasteiger partial charge in [0.05, 0.1) is 17.2 Å². The van der Waals surface area contributed by atoms with Gasteiger partial charge in [0.25, 0.3) is 0 Å². The fraction of sp³-hybridized carbons (Fsp3) is 0.214. The average molecular weight is 347 g/mol. The fourth-order valence-corrected chi connectivity index (χ4v) is 3.29. The van der Waals surface area contributed by atoms with Crippen LogP contribution >= 0.6 is 15.9 Å². The molecule has 0 radical (unpaired) electrons. The Balaban J connectivity index is 1.96. The van der Waals surface area contributed by atoms with E-state index in [1.807, 2.05) is 13.0 Å². The molecule has 7 heteroatoms. The lowest BCUT2D eigenvalue weighted by molar-refractivity contribution is -0.136. The van der Waals surface area contributed by atoms with E-state index < -0.39 is 0 Å². The topological polar surface area (TPSA) is 79.9 Å². The largest absolute Gasteiger partial charge is 0.456 e. The van der Waals surface area contributed by atoms with Crippen molar-refractivity contribution in [2.45, 2.75) is 12.8 Å². The molecule has 0 spiro atoms. The second-order valence-corrected chi connectivity index (χ2v) is 5.99. The number of carbonyl (C=O) groups excluding carboxylic acids is 1. The standard InChI is InChI=1S/C14H11BrN4O2/c1-6-10-11(7-2-8(15)4-16-3-7)12-9(5-21-14(12)20)17-13(10)19-18-6/h2-4,11H,5H2,1H3,(H2,17,18,19). The lowest BCUT2D eigenvalue weighted by Gasteiger charge is -2.24. The Morgan fingerprint density at radius 3 is 3.10 bits per heavy atom. The molecule has 2 aromatic rings. The van der Waals surface area contributed by atoms with Crippen LogP contribution < -0.4 is 5.32 Å². The second kappa shape index (κ2) is 4.42. The number of pyridine rings is 1. The number of hydrogen-bond donors (Lipinski definition) is 2. The molecule has 1 unspecified atom stereocenters. The summed E-state index contributed by atoms with van der Waals surface area (Å²) >= 11 is 3.43. The molecule has 106 valence electrons. The van der Waals surface area contributed by atoms with Crippen LogP contribution in [0.5, 0.6) is 0 Å². The van der Waals surface area contributed by atoms with Crippen LogP contribution in [0.4, 0.5) is 5.82 Å². The van der Waals surface area contributed by atoms with Gasteiger partial charge in [-0.3, -0.25) is 10.1 Å². The first-order valence-corrected chi connectivity index (χ1v) is 7.27. The molecule has 0 aromatic carbocycles. The third kappa shape index (κ3) is 1.80. The number of H-pyrrole nitrogens is 1. The van der Waals surface area contributed by atoms with E-state index in [4.69, 9.17) is 4.74 Å². The first-order chi connectivity index (χ1) is 10.1. The molecule has 0 fully saturated rings. The zero-order valence-corrected chi connectivity index (χ0v) is 12.7. The van der Waals surface area contributed by atoms with Crippen molar-refractivity contribution < 1.29 is 9.53 Å². The van der Waals surface area contributed by atoms with Gasteiger partial charge in [-0.05, 0) is 34.5 Å². The van der Waals surface area contributed by atoms with Gasteiger partial charge < -0.3 is 10.1 Å². The van der Waals surface area contributed by atoms with Crippen LogP contribution in [-0.2, 0) is 9.53 Å². The normalized spacial score (nSPS) is 19.9. The number of halogens is 1. The molecule has 2 aliphatic rings. The molecule has 2 aliphatic heterocycles. The van der Waals surface area contributed by atoms with Gasteiger partial charge in [0.1, 0.15) is 6.61 Å². The maximum Gasteiger partial charge on any atom is 0.337 e.